The van der Waals surface area contributed by atoms with Crippen molar-refractivity contribution in [2.75, 3.05) is 34.0 Å². The molecule has 0 aromatic heterocycles. The molecule has 0 bridgehead atoms. The summed E-state index contributed by atoms with van der Waals surface area (Å²) in [5, 5.41) is 3.62. The molecule has 2 aliphatic rings. The van der Waals surface area contributed by atoms with Crippen molar-refractivity contribution < 1.29 is 14.2 Å². The molecule has 2 heterocycles. The van der Waals surface area contributed by atoms with Gasteiger partial charge in [0.1, 0.15) is 0 Å². The van der Waals surface area contributed by atoms with Gasteiger partial charge in [-0.2, -0.15) is 0 Å². The molecule has 20 heavy (non-hydrogen) atoms. The van der Waals surface area contributed by atoms with E-state index in [2.05, 4.69) is 17.3 Å². The maximum absolute atomic E-state index is 5.45. The number of hydrogen-bond donors (Lipinski definition) is 1. The molecule has 2 aliphatic heterocycles. The van der Waals surface area contributed by atoms with Crippen molar-refractivity contribution >= 4 is 0 Å². The second kappa shape index (κ2) is 5.89. The molecule has 1 fully saturated rings. The largest absolute Gasteiger partial charge is 0.493 e. The Balaban J connectivity index is 1.65. The highest BCUT2D eigenvalue weighted by atomic mass is 16.7. The van der Waals surface area contributed by atoms with Gasteiger partial charge in [-0.3, -0.25) is 0 Å². The predicted molar refractivity (Wildman–Crippen MR) is 76.5 cm³/mol. The van der Waals surface area contributed by atoms with Crippen LogP contribution in [0.15, 0.2) is 12.1 Å². The van der Waals surface area contributed by atoms with Crippen molar-refractivity contribution in [1.82, 2.24) is 10.2 Å². The van der Waals surface area contributed by atoms with Gasteiger partial charge in [0.25, 0.3) is 0 Å². The maximum atomic E-state index is 5.45. The zero-order valence-corrected chi connectivity index (χ0v) is 12.1. The number of ether oxygens (including phenoxy) is 3. The topological polar surface area (TPSA) is 43.0 Å². The number of fused-ring (bicyclic) bond motifs is 1. The predicted octanol–water partition coefficient (Wildman–Crippen LogP) is 1.61. The first-order valence-electron chi connectivity index (χ1n) is 7.14. The SMILES string of the molecule is COc1cc(CNC2CCCN(C)C2)cc2c1OCO2. The Labute approximate surface area is 119 Å². The first kappa shape index (κ1) is 13.5. The molecule has 0 saturated carbocycles. The summed E-state index contributed by atoms with van der Waals surface area (Å²) in [4.78, 5) is 2.38. The molecule has 0 amide bonds. The summed E-state index contributed by atoms with van der Waals surface area (Å²) in [7, 11) is 3.84. The van der Waals surface area contributed by atoms with E-state index in [1.807, 2.05) is 12.1 Å². The van der Waals surface area contributed by atoms with Crippen LogP contribution in [-0.4, -0.2) is 45.0 Å². The van der Waals surface area contributed by atoms with Crippen LogP contribution in [0.2, 0.25) is 0 Å². The summed E-state index contributed by atoms with van der Waals surface area (Å²) in [6.07, 6.45) is 2.50. The third-order valence-electron chi connectivity index (χ3n) is 3.94. The Morgan fingerprint density at radius 3 is 3.10 bits per heavy atom. The van der Waals surface area contributed by atoms with Gasteiger partial charge in [-0.25, -0.2) is 0 Å². The number of likely N-dealkylation sites (tertiary alicyclic amines) is 1. The fraction of sp³-hybridized carbons (Fsp3) is 0.600. The van der Waals surface area contributed by atoms with Gasteiger partial charge in [0.05, 0.1) is 7.11 Å². The van der Waals surface area contributed by atoms with Gasteiger partial charge < -0.3 is 24.4 Å². The number of nitrogens with one attached hydrogen (secondary N) is 1. The summed E-state index contributed by atoms with van der Waals surface area (Å²) in [5.74, 6) is 2.24. The lowest BCUT2D eigenvalue weighted by atomic mass is 10.1. The van der Waals surface area contributed by atoms with Crippen LogP contribution in [0.5, 0.6) is 17.2 Å². The van der Waals surface area contributed by atoms with E-state index in [0.717, 1.165) is 24.6 Å². The number of nitrogens with zero attached hydrogens (tertiary/aromatic N) is 1. The lowest BCUT2D eigenvalue weighted by Crippen LogP contribution is -2.43. The Morgan fingerprint density at radius 1 is 1.40 bits per heavy atom. The van der Waals surface area contributed by atoms with E-state index in [-0.39, 0.29) is 6.79 Å². The fourth-order valence-corrected chi connectivity index (χ4v) is 2.88. The molecule has 1 N–H and O–H groups in total. The van der Waals surface area contributed by atoms with E-state index < -0.39 is 0 Å². The minimum Gasteiger partial charge on any atom is -0.493 e. The van der Waals surface area contributed by atoms with Gasteiger partial charge in [0.2, 0.25) is 12.5 Å². The van der Waals surface area contributed by atoms with E-state index >= 15 is 0 Å². The highest BCUT2D eigenvalue weighted by Gasteiger charge is 2.21. The third-order valence-corrected chi connectivity index (χ3v) is 3.94. The molecule has 5 nitrogen and oxygen atoms in total. The van der Waals surface area contributed by atoms with Gasteiger partial charge in [-0.1, -0.05) is 0 Å². The standard InChI is InChI=1S/C15H22N2O3/c1-17-5-3-4-12(9-17)16-8-11-6-13(18-2)15-14(7-11)19-10-20-15/h6-7,12,16H,3-5,8-10H2,1-2H3. The molecular weight excluding hydrogens is 256 g/mol. The molecular formula is C15H22N2O3. The zero-order chi connectivity index (χ0) is 13.9. The maximum Gasteiger partial charge on any atom is 0.231 e. The van der Waals surface area contributed by atoms with Gasteiger partial charge >= 0.3 is 0 Å². The minimum atomic E-state index is 0.274. The number of benzene rings is 1. The van der Waals surface area contributed by atoms with E-state index in [4.69, 9.17) is 14.2 Å². The summed E-state index contributed by atoms with van der Waals surface area (Å²) in [6, 6.07) is 4.61. The van der Waals surface area contributed by atoms with E-state index in [1.165, 1.54) is 24.9 Å². The monoisotopic (exact) mass is 278 g/mol. The first-order valence-corrected chi connectivity index (χ1v) is 7.14. The van der Waals surface area contributed by atoms with E-state index in [1.54, 1.807) is 7.11 Å². The molecule has 5 heteroatoms. The molecule has 1 saturated heterocycles. The minimum absolute atomic E-state index is 0.274. The second-order valence-corrected chi connectivity index (χ2v) is 5.51. The summed E-state index contributed by atoms with van der Waals surface area (Å²) in [6.45, 7) is 3.42. The van der Waals surface area contributed by atoms with Crippen LogP contribution in [-0.2, 0) is 6.54 Å². The number of piperidine rings is 1. The number of rotatable bonds is 4. The molecule has 3 rings (SSSR count). The van der Waals surface area contributed by atoms with Crippen molar-refractivity contribution in [3.8, 4) is 17.2 Å². The summed E-state index contributed by atoms with van der Waals surface area (Å²) >= 11 is 0. The van der Waals surface area contributed by atoms with Crippen LogP contribution in [0.4, 0.5) is 0 Å². The molecule has 1 atom stereocenters. The molecule has 0 spiro atoms. The summed E-state index contributed by atoms with van der Waals surface area (Å²) in [5.41, 5.74) is 1.17. The highest BCUT2D eigenvalue weighted by molar-refractivity contribution is 5.55. The van der Waals surface area contributed by atoms with Crippen LogP contribution in [0.3, 0.4) is 0 Å². The van der Waals surface area contributed by atoms with Gasteiger partial charge in [0, 0.05) is 19.1 Å². The Morgan fingerprint density at radius 2 is 2.30 bits per heavy atom. The molecule has 0 radical (unpaired) electrons. The van der Waals surface area contributed by atoms with Crippen LogP contribution >= 0.6 is 0 Å². The highest BCUT2D eigenvalue weighted by Crippen LogP contribution is 2.41. The Bertz CT molecular complexity index is 478. The number of likely N-dealkylation sites (N-methyl/N-ethyl adjacent to an activating group) is 1. The van der Waals surface area contributed by atoms with Gasteiger partial charge in [-0.15, -0.1) is 0 Å². The fourth-order valence-electron chi connectivity index (χ4n) is 2.88. The van der Waals surface area contributed by atoms with E-state index in [9.17, 15) is 0 Å². The first-order chi connectivity index (χ1) is 9.76. The number of hydrogen-bond acceptors (Lipinski definition) is 5. The van der Waals surface area contributed by atoms with Crippen molar-refractivity contribution in [1.29, 1.82) is 0 Å². The van der Waals surface area contributed by atoms with E-state index in [0.29, 0.717) is 11.8 Å². The van der Waals surface area contributed by atoms with Gasteiger partial charge in [-0.05, 0) is 44.1 Å². The van der Waals surface area contributed by atoms with Crippen LogP contribution < -0.4 is 19.5 Å². The summed E-state index contributed by atoms with van der Waals surface area (Å²) < 4.78 is 16.2. The van der Waals surface area contributed by atoms with Crippen LogP contribution in [0.1, 0.15) is 18.4 Å². The second-order valence-electron chi connectivity index (χ2n) is 5.51. The van der Waals surface area contributed by atoms with Crippen molar-refractivity contribution in [2.24, 2.45) is 0 Å². The molecule has 0 aliphatic carbocycles. The molecule has 1 unspecified atom stereocenters. The van der Waals surface area contributed by atoms with Crippen molar-refractivity contribution in [3.05, 3.63) is 17.7 Å². The normalized spacial score (nSPS) is 22.0. The smallest absolute Gasteiger partial charge is 0.231 e. The lowest BCUT2D eigenvalue weighted by molar-refractivity contribution is 0.171. The Kier molecular flexibility index (Phi) is 3.98. The van der Waals surface area contributed by atoms with Crippen LogP contribution in [0.25, 0.3) is 0 Å². The van der Waals surface area contributed by atoms with Crippen molar-refractivity contribution in [3.63, 3.8) is 0 Å². The lowest BCUT2D eigenvalue weighted by Gasteiger charge is -2.30. The van der Waals surface area contributed by atoms with Crippen LogP contribution in [0, 0.1) is 0 Å². The average Bonchev–Trinajstić information content (AvgIpc) is 2.92. The molecule has 1 aromatic carbocycles. The molecule has 110 valence electrons. The van der Waals surface area contributed by atoms with Crippen molar-refractivity contribution in [2.45, 2.75) is 25.4 Å². The zero-order valence-electron chi connectivity index (χ0n) is 12.1. The average molecular weight is 278 g/mol. The van der Waals surface area contributed by atoms with Gasteiger partial charge in [0.15, 0.2) is 11.5 Å². The quantitative estimate of drug-likeness (QED) is 0.906. The number of methoxy groups -OCH3 is 1. The Hall–Kier alpha value is -1.46. The third kappa shape index (κ3) is 2.83. The molecule has 1 aromatic rings.